The molecule has 0 saturated heterocycles. The molecule has 1 aromatic carbocycles. The normalized spacial score (nSPS) is 12.0. The fourth-order valence-corrected chi connectivity index (χ4v) is 3.94. The summed E-state index contributed by atoms with van der Waals surface area (Å²) in [6.45, 7) is 19.5. The molecule has 3 aromatic rings. The van der Waals surface area contributed by atoms with Gasteiger partial charge in [0.25, 0.3) is 0 Å². The monoisotopic (exact) mass is 381 g/mol. The van der Waals surface area contributed by atoms with Crippen molar-refractivity contribution in [1.82, 2.24) is 14.6 Å². The third-order valence-electron chi connectivity index (χ3n) is 5.74. The number of hydrogen-bond acceptors (Lipinski definition) is 3. The number of hydrogen-bond donors (Lipinski definition) is 1. The van der Waals surface area contributed by atoms with Crippen LogP contribution >= 0.6 is 0 Å². The summed E-state index contributed by atoms with van der Waals surface area (Å²) >= 11 is 0. The van der Waals surface area contributed by atoms with Gasteiger partial charge in [-0.05, 0) is 58.4 Å². The van der Waals surface area contributed by atoms with Crippen molar-refractivity contribution < 1.29 is 0 Å². The minimum Gasteiger partial charge on any atom is -0.372 e. The molecule has 2 heterocycles. The number of fused-ring (bicyclic) bond motifs is 1. The number of H-pyrrole nitrogens is 1. The maximum absolute atomic E-state index is 4.99. The van der Waals surface area contributed by atoms with Gasteiger partial charge >= 0.3 is 0 Å². The van der Waals surface area contributed by atoms with E-state index in [2.05, 4.69) is 99.9 Å². The molecule has 0 aliphatic carbocycles. The van der Waals surface area contributed by atoms with Crippen LogP contribution in [-0.2, 0) is 5.41 Å². The third kappa shape index (κ3) is 3.27. The average molecular weight is 382 g/mol. The molecule has 0 bridgehead atoms. The second-order valence-electron chi connectivity index (χ2n) is 8.75. The fraction of sp³-hybridized carbons (Fsp3) is 0.522. The van der Waals surface area contributed by atoms with E-state index in [1.54, 1.807) is 0 Å². The number of anilines is 3. The smallest absolute Gasteiger partial charge is 0.158 e. The van der Waals surface area contributed by atoms with E-state index in [9.17, 15) is 0 Å². The van der Waals surface area contributed by atoms with Crippen LogP contribution in [0.3, 0.4) is 0 Å². The summed E-state index contributed by atoms with van der Waals surface area (Å²) in [6.07, 6.45) is 0. The summed E-state index contributed by atoms with van der Waals surface area (Å²) in [6, 6.07) is 6.76. The van der Waals surface area contributed by atoms with Gasteiger partial charge in [0.2, 0.25) is 0 Å². The van der Waals surface area contributed by atoms with Crippen molar-refractivity contribution in [3.05, 3.63) is 40.8 Å². The van der Waals surface area contributed by atoms with Gasteiger partial charge in [0.05, 0.1) is 11.4 Å². The van der Waals surface area contributed by atoms with Gasteiger partial charge in [-0.1, -0.05) is 20.8 Å². The third-order valence-corrected chi connectivity index (χ3v) is 5.74. The Kier molecular flexibility index (Phi) is 5.22. The molecule has 0 spiro atoms. The van der Waals surface area contributed by atoms with Crippen LogP contribution in [0.25, 0.3) is 5.65 Å². The molecule has 0 amide bonds. The Labute approximate surface area is 169 Å². The van der Waals surface area contributed by atoms with E-state index in [0.717, 1.165) is 41.5 Å². The largest absolute Gasteiger partial charge is 0.372 e. The summed E-state index contributed by atoms with van der Waals surface area (Å²) in [5, 5.41) is 4.99. The molecule has 0 aliphatic heterocycles. The highest BCUT2D eigenvalue weighted by Gasteiger charge is 2.29. The van der Waals surface area contributed by atoms with Crippen LogP contribution in [0.4, 0.5) is 17.1 Å². The maximum atomic E-state index is 4.99. The lowest BCUT2D eigenvalue weighted by Gasteiger charge is -2.27. The van der Waals surface area contributed by atoms with Crippen molar-refractivity contribution in [2.45, 2.75) is 60.8 Å². The fourth-order valence-electron chi connectivity index (χ4n) is 3.94. The van der Waals surface area contributed by atoms with Gasteiger partial charge < -0.3 is 14.8 Å². The van der Waals surface area contributed by atoms with Gasteiger partial charge in [0.15, 0.2) is 5.65 Å². The highest BCUT2D eigenvalue weighted by atomic mass is 15.3. The van der Waals surface area contributed by atoms with Crippen LogP contribution in [0, 0.1) is 20.8 Å². The minimum atomic E-state index is -0.0497. The number of imidazole rings is 1. The molecule has 0 radical (unpaired) electrons. The molecular formula is C23H35N5. The number of nitrogens with one attached hydrogen (secondary N) is 1. The van der Waals surface area contributed by atoms with E-state index >= 15 is 0 Å². The first-order chi connectivity index (χ1) is 13.1. The van der Waals surface area contributed by atoms with Gasteiger partial charge in [-0.25, -0.2) is 4.52 Å². The van der Waals surface area contributed by atoms with Crippen LogP contribution in [-0.4, -0.2) is 34.7 Å². The van der Waals surface area contributed by atoms with Crippen molar-refractivity contribution in [2.75, 3.05) is 29.9 Å². The van der Waals surface area contributed by atoms with Gasteiger partial charge in [0, 0.05) is 42.6 Å². The van der Waals surface area contributed by atoms with Crippen LogP contribution < -0.4 is 9.80 Å². The Morgan fingerprint density at radius 3 is 2.25 bits per heavy atom. The van der Waals surface area contributed by atoms with E-state index in [1.807, 2.05) is 0 Å². The molecule has 0 fully saturated rings. The molecule has 5 heteroatoms. The highest BCUT2D eigenvalue weighted by molar-refractivity contribution is 5.81. The molecule has 152 valence electrons. The molecular weight excluding hydrogens is 346 g/mol. The van der Waals surface area contributed by atoms with Crippen LogP contribution in [0.15, 0.2) is 18.2 Å². The first kappa shape index (κ1) is 20.3. The number of aromatic amines is 1. The molecule has 0 aliphatic rings. The molecule has 0 atom stereocenters. The lowest BCUT2D eigenvalue weighted by atomic mass is 9.91. The SMILES string of the molecule is CCN(CC)c1ccc(N(C)c2c(C(C)(C)C)nn3c(C)c(C)[nH]c23)c(C)c1. The summed E-state index contributed by atoms with van der Waals surface area (Å²) < 4.78 is 2.06. The first-order valence-electron chi connectivity index (χ1n) is 10.3. The molecule has 28 heavy (non-hydrogen) atoms. The van der Waals surface area contributed by atoms with Gasteiger partial charge in [0.1, 0.15) is 5.69 Å². The summed E-state index contributed by atoms with van der Waals surface area (Å²) in [5.74, 6) is 0. The second kappa shape index (κ2) is 7.19. The highest BCUT2D eigenvalue weighted by Crippen LogP contribution is 2.39. The topological polar surface area (TPSA) is 39.6 Å². The zero-order valence-electron chi connectivity index (χ0n) is 18.9. The second-order valence-corrected chi connectivity index (χ2v) is 8.75. The quantitative estimate of drug-likeness (QED) is 0.634. The molecule has 1 N–H and O–H groups in total. The van der Waals surface area contributed by atoms with Crippen molar-refractivity contribution in [1.29, 1.82) is 0 Å². The molecule has 0 saturated carbocycles. The molecule has 3 rings (SSSR count). The molecule has 0 unspecified atom stereocenters. The lowest BCUT2D eigenvalue weighted by Crippen LogP contribution is -2.22. The lowest BCUT2D eigenvalue weighted by molar-refractivity contribution is 0.562. The molecule has 5 nitrogen and oxygen atoms in total. The van der Waals surface area contributed by atoms with Crippen molar-refractivity contribution in [3.8, 4) is 0 Å². The van der Waals surface area contributed by atoms with E-state index in [1.165, 1.54) is 16.9 Å². The van der Waals surface area contributed by atoms with Crippen LogP contribution in [0.5, 0.6) is 0 Å². The van der Waals surface area contributed by atoms with E-state index in [4.69, 9.17) is 5.10 Å². The Bertz CT molecular complexity index is 983. The predicted octanol–water partition coefficient (Wildman–Crippen LogP) is 5.50. The van der Waals surface area contributed by atoms with Crippen molar-refractivity contribution >= 4 is 22.7 Å². The van der Waals surface area contributed by atoms with E-state index in [0.29, 0.717) is 0 Å². The Morgan fingerprint density at radius 2 is 1.71 bits per heavy atom. The Morgan fingerprint density at radius 1 is 1.07 bits per heavy atom. The van der Waals surface area contributed by atoms with Crippen LogP contribution in [0.2, 0.25) is 0 Å². The zero-order chi connectivity index (χ0) is 20.8. The van der Waals surface area contributed by atoms with Crippen molar-refractivity contribution in [2.24, 2.45) is 0 Å². The Balaban J connectivity index is 2.16. The van der Waals surface area contributed by atoms with E-state index < -0.39 is 0 Å². The maximum Gasteiger partial charge on any atom is 0.158 e. The Hall–Kier alpha value is -2.43. The van der Waals surface area contributed by atoms with Crippen LogP contribution in [0.1, 0.15) is 57.3 Å². The number of aryl methyl sites for hydroxylation is 3. The van der Waals surface area contributed by atoms with Gasteiger partial charge in [-0.15, -0.1) is 0 Å². The summed E-state index contributed by atoms with van der Waals surface area (Å²) in [7, 11) is 2.15. The number of aromatic nitrogens is 3. The summed E-state index contributed by atoms with van der Waals surface area (Å²) in [4.78, 5) is 8.23. The van der Waals surface area contributed by atoms with E-state index in [-0.39, 0.29) is 5.41 Å². The minimum absolute atomic E-state index is 0.0497. The molecule has 2 aromatic heterocycles. The predicted molar refractivity (Wildman–Crippen MR) is 121 cm³/mol. The average Bonchev–Trinajstić information content (AvgIpc) is 3.12. The van der Waals surface area contributed by atoms with Gasteiger partial charge in [-0.3, -0.25) is 0 Å². The van der Waals surface area contributed by atoms with Gasteiger partial charge in [-0.2, -0.15) is 5.10 Å². The number of nitrogens with zero attached hydrogens (tertiary/aromatic N) is 4. The number of benzene rings is 1. The number of rotatable bonds is 5. The summed E-state index contributed by atoms with van der Waals surface area (Å²) in [5.41, 5.74) is 9.36. The van der Waals surface area contributed by atoms with Crippen molar-refractivity contribution in [3.63, 3.8) is 0 Å². The zero-order valence-corrected chi connectivity index (χ0v) is 18.9. The standard InChI is InChI=1S/C23H35N5/c1-10-27(11-2)18-12-13-19(15(3)14-18)26(9)20-21(23(6,7)8)25-28-17(5)16(4)24-22(20)28/h12-14,24H,10-11H2,1-9H3. The first-order valence-corrected chi connectivity index (χ1v) is 10.3.